The topological polar surface area (TPSA) is 129 Å². The first-order valence-electron chi connectivity index (χ1n) is 14.6. The standard InChI is InChI=1S/C36H36N2O8/c1-23(39)27-9-5-7-11-31(27)37-17-19-45-35(41)29-15-13-25(26-14-16-33(43-3)34(22-26)44-4)21-30(29)36(42)46-20-18-38-32-12-8-6-10-28(32)24(2)40/h5-16,21-22,37-38H,17-20H2,1-4H3. The molecule has 0 fully saturated rings. The number of hydrogen-bond donors (Lipinski definition) is 2. The summed E-state index contributed by atoms with van der Waals surface area (Å²) in [6, 6.07) is 24.2. The summed E-state index contributed by atoms with van der Waals surface area (Å²) >= 11 is 0. The van der Waals surface area contributed by atoms with Crippen molar-refractivity contribution < 1.29 is 38.1 Å². The van der Waals surface area contributed by atoms with Crippen LogP contribution in [0.5, 0.6) is 11.5 Å². The zero-order valence-corrected chi connectivity index (χ0v) is 26.2. The highest BCUT2D eigenvalue weighted by molar-refractivity contribution is 6.04. The molecule has 0 aliphatic carbocycles. The van der Waals surface area contributed by atoms with E-state index in [0.717, 1.165) is 5.56 Å². The van der Waals surface area contributed by atoms with Gasteiger partial charge in [0.05, 0.1) is 25.3 Å². The monoisotopic (exact) mass is 624 g/mol. The van der Waals surface area contributed by atoms with E-state index in [4.69, 9.17) is 18.9 Å². The van der Waals surface area contributed by atoms with E-state index in [-0.39, 0.29) is 49.0 Å². The predicted molar refractivity (Wildman–Crippen MR) is 175 cm³/mol. The van der Waals surface area contributed by atoms with Crippen LogP contribution in [0.25, 0.3) is 11.1 Å². The maximum absolute atomic E-state index is 13.4. The lowest BCUT2D eigenvalue weighted by atomic mass is 9.98. The molecule has 0 amide bonds. The number of nitrogens with one attached hydrogen (secondary N) is 2. The highest BCUT2D eigenvalue weighted by atomic mass is 16.5. The fourth-order valence-electron chi connectivity index (χ4n) is 4.79. The number of anilines is 2. The van der Waals surface area contributed by atoms with Gasteiger partial charge in [-0.1, -0.05) is 36.4 Å². The second kappa shape index (κ2) is 15.9. The van der Waals surface area contributed by atoms with Crippen molar-refractivity contribution in [2.24, 2.45) is 0 Å². The van der Waals surface area contributed by atoms with Crippen LogP contribution in [0.2, 0.25) is 0 Å². The van der Waals surface area contributed by atoms with Crippen LogP contribution in [0.4, 0.5) is 11.4 Å². The lowest BCUT2D eigenvalue weighted by Crippen LogP contribution is -2.20. The quantitative estimate of drug-likeness (QED) is 0.0881. The number of ether oxygens (including phenoxy) is 4. The number of para-hydroxylation sites is 2. The van der Waals surface area contributed by atoms with Crippen molar-refractivity contribution in [3.05, 3.63) is 107 Å². The molecule has 0 heterocycles. The Labute approximate surface area is 267 Å². The molecular formula is C36H36N2O8. The Kier molecular flexibility index (Phi) is 11.5. The summed E-state index contributed by atoms with van der Waals surface area (Å²) in [4.78, 5) is 50.4. The van der Waals surface area contributed by atoms with E-state index < -0.39 is 11.9 Å². The van der Waals surface area contributed by atoms with Gasteiger partial charge in [-0.05, 0) is 73.5 Å². The highest BCUT2D eigenvalue weighted by Gasteiger charge is 2.21. The third kappa shape index (κ3) is 8.29. The number of methoxy groups -OCH3 is 2. The van der Waals surface area contributed by atoms with Gasteiger partial charge in [0.15, 0.2) is 23.1 Å². The summed E-state index contributed by atoms with van der Waals surface area (Å²) < 4.78 is 21.8. The van der Waals surface area contributed by atoms with E-state index in [1.54, 1.807) is 72.8 Å². The first kappa shape index (κ1) is 33.3. The highest BCUT2D eigenvalue weighted by Crippen LogP contribution is 2.33. The molecule has 4 aromatic carbocycles. The van der Waals surface area contributed by atoms with Crippen molar-refractivity contribution in [1.82, 2.24) is 0 Å². The van der Waals surface area contributed by atoms with E-state index in [1.165, 1.54) is 34.1 Å². The van der Waals surface area contributed by atoms with Gasteiger partial charge in [-0.2, -0.15) is 0 Å². The molecule has 0 atom stereocenters. The molecule has 0 spiro atoms. The fraction of sp³-hybridized carbons (Fsp3) is 0.222. The maximum atomic E-state index is 13.4. The summed E-state index contributed by atoms with van der Waals surface area (Å²) in [6.07, 6.45) is 0. The van der Waals surface area contributed by atoms with Gasteiger partial charge in [-0.25, -0.2) is 9.59 Å². The smallest absolute Gasteiger partial charge is 0.339 e. The number of benzene rings is 4. The average molecular weight is 625 g/mol. The van der Waals surface area contributed by atoms with Gasteiger partial charge in [0.2, 0.25) is 0 Å². The molecule has 4 rings (SSSR count). The van der Waals surface area contributed by atoms with E-state index in [0.29, 0.717) is 39.6 Å². The summed E-state index contributed by atoms with van der Waals surface area (Å²) in [5, 5.41) is 6.22. The molecule has 10 nitrogen and oxygen atoms in total. The van der Waals surface area contributed by atoms with Crippen LogP contribution in [0.3, 0.4) is 0 Å². The third-order valence-corrected chi connectivity index (χ3v) is 7.09. The summed E-state index contributed by atoms with van der Waals surface area (Å²) in [7, 11) is 3.07. The summed E-state index contributed by atoms with van der Waals surface area (Å²) in [6.45, 7) is 3.39. The predicted octanol–water partition coefficient (Wildman–Crippen LogP) is 6.31. The normalized spacial score (nSPS) is 10.4. The van der Waals surface area contributed by atoms with Gasteiger partial charge in [0, 0.05) is 35.6 Å². The average Bonchev–Trinajstić information content (AvgIpc) is 3.07. The number of carbonyl (C=O) groups is 4. The Hall–Kier alpha value is -5.64. The molecule has 0 aromatic heterocycles. The van der Waals surface area contributed by atoms with Gasteiger partial charge < -0.3 is 29.6 Å². The van der Waals surface area contributed by atoms with E-state index >= 15 is 0 Å². The van der Waals surface area contributed by atoms with Gasteiger partial charge >= 0.3 is 11.9 Å². The van der Waals surface area contributed by atoms with Crippen LogP contribution < -0.4 is 20.1 Å². The molecule has 0 saturated carbocycles. The SMILES string of the molecule is COc1ccc(-c2ccc(C(=O)OCCNc3ccccc3C(C)=O)c(C(=O)OCCNc3ccccc3C(C)=O)c2)cc1OC. The minimum Gasteiger partial charge on any atom is -0.493 e. The molecule has 0 radical (unpaired) electrons. The molecule has 0 unspecified atom stereocenters. The minimum absolute atomic E-state index is 0.0174. The fourth-order valence-corrected chi connectivity index (χ4v) is 4.79. The van der Waals surface area contributed by atoms with E-state index in [2.05, 4.69) is 10.6 Å². The number of rotatable bonds is 15. The summed E-state index contributed by atoms with van der Waals surface area (Å²) in [5.41, 5.74) is 3.75. The van der Waals surface area contributed by atoms with Crippen LogP contribution in [-0.4, -0.2) is 64.0 Å². The van der Waals surface area contributed by atoms with Crippen LogP contribution >= 0.6 is 0 Å². The van der Waals surface area contributed by atoms with Gasteiger partial charge in [-0.3, -0.25) is 9.59 Å². The Morgan fingerprint density at radius 1 is 0.543 bits per heavy atom. The molecule has 4 aromatic rings. The molecule has 2 N–H and O–H groups in total. The lowest BCUT2D eigenvalue weighted by molar-refractivity contribution is 0.0473. The van der Waals surface area contributed by atoms with Crippen molar-refractivity contribution in [1.29, 1.82) is 0 Å². The molecule has 0 aliphatic rings. The van der Waals surface area contributed by atoms with Crippen LogP contribution in [-0.2, 0) is 9.47 Å². The number of carbonyl (C=O) groups excluding carboxylic acids is 4. The molecule has 46 heavy (non-hydrogen) atoms. The maximum Gasteiger partial charge on any atom is 0.339 e. The second-order valence-electron chi connectivity index (χ2n) is 10.2. The number of esters is 2. The first-order valence-corrected chi connectivity index (χ1v) is 14.6. The van der Waals surface area contributed by atoms with E-state index in [9.17, 15) is 19.2 Å². The minimum atomic E-state index is -0.718. The molecule has 0 aliphatic heterocycles. The van der Waals surface area contributed by atoms with Gasteiger partial charge in [0.25, 0.3) is 0 Å². The molecule has 238 valence electrons. The van der Waals surface area contributed by atoms with Gasteiger partial charge in [0.1, 0.15) is 13.2 Å². The number of ketones is 2. The Bertz CT molecular complexity index is 1730. The zero-order chi connectivity index (χ0) is 33.1. The second-order valence-corrected chi connectivity index (χ2v) is 10.2. The van der Waals surface area contributed by atoms with Crippen LogP contribution in [0.1, 0.15) is 55.3 Å². The Balaban J connectivity index is 1.50. The van der Waals surface area contributed by atoms with E-state index in [1.807, 2.05) is 6.07 Å². The first-order chi connectivity index (χ1) is 22.2. The molecule has 0 bridgehead atoms. The van der Waals surface area contributed by atoms with Crippen LogP contribution in [0, 0.1) is 0 Å². The van der Waals surface area contributed by atoms with Crippen molar-refractivity contribution in [3.63, 3.8) is 0 Å². The molecule has 10 heteroatoms. The zero-order valence-electron chi connectivity index (χ0n) is 26.2. The number of Topliss-reactive ketones (excluding diaryl/α,β-unsaturated/α-hetero) is 2. The lowest BCUT2D eigenvalue weighted by Gasteiger charge is -2.14. The summed E-state index contributed by atoms with van der Waals surface area (Å²) in [5.74, 6) is -0.553. The van der Waals surface area contributed by atoms with Crippen molar-refractivity contribution in [3.8, 4) is 22.6 Å². The molecular weight excluding hydrogens is 588 g/mol. The van der Waals surface area contributed by atoms with Crippen LogP contribution in [0.15, 0.2) is 84.9 Å². The largest absolute Gasteiger partial charge is 0.493 e. The number of hydrogen-bond acceptors (Lipinski definition) is 10. The Morgan fingerprint density at radius 3 is 1.54 bits per heavy atom. The van der Waals surface area contributed by atoms with Crippen molar-refractivity contribution in [2.75, 3.05) is 51.2 Å². The Morgan fingerprint density at radius 2 is 1.02 bits per heavy atom. The third-order valence-electron chi connectivity index (χ3n) is 7.09. The van der Waals surface area contributed by atoms with Crippen molar-refractivity contribution in [2.45, 2.75) is 13.8 Å². The van der Waals surface area contributed by atoms with Gasteiger partial charge in [-0.15, -0.1) is 0 Å². The molecule has 0 saturated heterocycles. The van der Waals surface area contributed by atoms with Crippen molar-refractivity contribution >= 4 is 34.9 Å².